The number of rotatable bonds is 5. The molecule has 2 aromatic carbocycles. The van der Waals surface area contributed by atoms with Crippen LogP contribution in [0.15, 0.2) is 54.6 Å². The first kappa shape index (κ1) is 16.9. The molecule has 3 rings (SSSR count). The van der Waals surface area contributed by atoms with Gasteiger partial charge in [0.1, 0.15) is 0 Å². The highest BCUT2D eigenvalue weighted by atomic mass is 16.3. The lowest BCUT2D eigenvalue weighted by molar-refractivity contribution is 0.0916. The van der Waals surface area contributed by atoms with Crippen molar-refractivity contribution >= 4 is 5.91 Å². The molecule has 25 heavy (non-hydrogen) atoms. The Bertz CT molecular complexity index is 857. The summed E-state index contributed by atoms with van der Waals surface area (Å²) in [5.41, 5.74) is 3.99. The lowest BCUT2D eigenvalue weighted by Crippen LogP contribution is -2.35. The van der Waals surface area contributed by atoms with E-state index in [4.69, 9.17) is 5.11 Å². The molecule has 0 aliphatic heterocycles. The number of nitrogens with zero attached hydrogens (tertiary/aromatic N) is 3. The molecule has 0 bridgehead atoms. The Morgan fingerprint density at radius 2 is 1.76 bits per heavy atom. The summed E-state index contributed by atoms with van der Waals surface area (Å²) < 4.78 is 1.63. The summed E-state index contributed by atoms with van der Waals surface area (Å²) in [7, 11) is 0. The third-order valence-electron chi connectivity index (χ3n) is 3.98. The molecule has 1 atom stereocenters. The van der Waals surface area contributed by atoms with Gasteiger partial charge in [-0.15, -0.1) is 5.10 Å². The average molecular weight is 336 g/mol. The molecular formula is C19H20N4O2. The van der Waals surface area contributed by atoms with Crippen LogP contribution in [0.1, 0.15) is 23.1 Å². The molecule has 2 N–H and O–H groups in total. The Morgan fingerprint density at radius 3 is 2.40 bits per heavy atom. The van der Waals surface area contributed by atoms with Crippen molar-refractivity contribution in [3.05, 3.63) is 66.0 Å². The van der Waals surface area contributed by atoms with Crippen LogP contribution in [0, 0.1) is 6.92 Å². The van der Waals surface area contributed by atoms with Crippen LogP contribution in [0.5, 0.6) is 0 Å². The van der Waals surface area contributed by atoms with Crippen LogP contribution in [0.3, 0.4) is 0 Å². The van der Waals surface area contributed by atoms with Crippen LogP contribution in [0.25, 0.3) is 16.8 Å². The van der Waals surface area contributed by atoms with E-state index in [9.17, 15) is 4.79 Å². The summed E-state index contributed by atoms with van der Waals surface area (Å²) in [6.07, 6.45) is 0. The SMILES string of the molecule is Cc1c(C(=O)NC(C)CO)nnn1-c1ccc(-c2ccccc2)cc1. The van der Waals surface area contributed by atoms with E-state index in [0.29, 0.717) is 5.69 Å². The summed E-state index contributed by atoms with van der Waals surface area (Å²) in [5, 5.41) is 19.8. The molecule has 6 nitrogen and oxygen atoms in total. The Labute approximate surface area is 146 Å². The van der Waals surface area contributed by atoms with Crippen LogP contribution >= 0.6 is 0 Å². The Kier molecular flexibility index (Phi) is 4.90. The average Bonchev–Trinajstić information content (AvgIpc) is 3.04. The van der Waals surface area contributed by atoms with Crippen molar-refractivity contribution in [3.63, 3.8) is 0 Å². The highest BCUT2D eigenvalue weighted by Gasteiger charge is 2.18. The van der Waals surface area contributed by atoms with Gasteiger partial charge < -0.3 is 10.4 Å². The predicted octanol–water partition coefficient (Wildman–Crippen LogP) is 2.35. The Hall–Kier alpha value is -2.99. The van der Waals surface area contributed by atoms with Gasteiger partial charge in [-0.2, -0.15) is 0 Å². The first-order valence-corrected chi connectivity index (χ1v) is 8.10. The first-order chi connectivity index (χ1) is 12.1. The maximum atomic E-state index is 12.2. The lowest BCUT2D eigenvalue weighted by atomic mass is 10.1. The lowest BCUT2D eigenvalue weighted by Gasteiger charge is -2.09. The molecule has 1 amide bonds. The smallest absolute Gasteiger partial charge is 0.274 e. The zero-order valence-electron chi connectivity index (χ0n) is 14.2. The molecule has 0 radical (unpaired) electrons. The second-order valence-corrected chi connectivity index (χ2v) is 5.91. The summed E-state index contributed by atoms with van der Waals surface area (Å²) in [6.45, 7) is 3.39. The van der Waals surface area contributed by atoms with Crippen molar-refractivity contribution in [2.45, 2.75) is 19.9 Å². The number of carbonyl (C=O) groups excluding carboxylic acids is 1. The third-order valence-corrected chi connectivity index (χ3v) is 3.98. The van der Waals surface area contributed by atoms with Crippen molar-refractivity contribution in [2.75, 3.05) is 6.61 Å². The summed E-state index contributed by atoms with van der Waals surface area (Å²) >= 11 is 0. The summed E-state index contributed by atoms with van der Waals surface area (Å²) in [4.78, 5) is 12.2. The van der Waals surface area contributed by atoms with E-state index in [-0.39, 0.29) is 24.2 Å². The van der Waals surface area contributed by atoms with Gasteiger partial charge in [-0.05, 0) is 37.1 Å². The molecule has 1 heterocycles. The number of hydrogen-bond acceptors (Lipinski definition) is 4. The van der Waals surface area contributed by atoms with Gasteiger partial charge in [0.2, 0.25) is 0 Å². The number of aliphatic hydroxyl groups is 1. The molecule has 0 spiro atoms. The highest BCUT2D eigenvalue weighted by Crippen LogP contribution is 2.21. The quantitative estimate of drug-likeness (QED) is 0.749. The van der Waals surface area contributed by atoms with Crippen molar-refractivity contribution < 1.29 is 9.90 Å². The fourth-order valence-electron chi connectivity index (χ4n) is 2.55. The van der Waals surface area contributed by atoms with Gasteiger partial charge in [0, 0.05) is 6.04 Å². The van der Waals surface area contributed by atoms with Crippen molar-refractivity contribution in [3.8, 4) is 16.8 Å². The first-order valence-electron chi connectivity index (χ1n) is 8.10. The van der Waals surface area contributed by atoms with E-state index < -0.39 is 0 Å². The minimum Gasteiger partial charge on any atom is -0.394 e. The van der Waals surface area contributed by atoms with E-state index in [1.807, 2.05) is 42.5 Å². The van der Waals surface area contributed by atoms with Gasteiger partial charge in [0.05, 0.1) is 18.0 Å². The second kappa shape index (κ2) is 7.27. The molecule has 128 valence electrons. The number of nitrogens with one attached hydrogen (secondary N) is 1. The van der Waals surface area contributed by atoms with Crippen LogP contribution in [0.2, 0.25) is 0 Å². The maximum Gasteiger partial charge on any atom is 0.274 e. The van der Waals surface area contributed by atoms with E-state index in [2.05, 4.69) is 27.8 Å². The molecule has 1 unspecified atom stereocenters. The summed E-state index contributed by atoms with van der Waals surface area (Å²) in [6, 6.07) is 17.7. The number of benzene rings is 2. The maximum absolute atomic E-state index is 12.2. The molecule has 0 aliphatic carbocycles. The number of amides is 1. The van der Waals surface area contributed by atoms with Gasteiger partial charge >= 0.3 is 0 Å². The van der Waals surface area contributed by atoms with Crippen LogP contribution in [-0.4, -0.2) is 38.7 Å². The van der Waals surface area contributed by atoms with Gasteiger partial charge in [-0.1, -0.05) is 47.7 Å². The Morgan fingerprint density at radius 1 is 1.12 bits per heavy atom. The van der Waals surface area contributed by atoms with Crippen LogP contribution in [-0.2, 0) is 0 Å². The van der Waals surface area contributed by atoms with Gasteiger partial charge in [0.15, 0.2) is 5.69 Å². The number of carbonyl (C=O) groups is 1. The molecule has 0 saturated carbocycles. The normalized spacial score (nSPS) is 12.0. The predicted molar refractivity (Wildman–Crippen MR) is 95.5 cm³/mol. The van der Waals surface area contributed by atoms with E-state index in [0.717, 1.165) is 16.8 Å². The largest absolute Gasteiger partial charge is 0.394 e. The minimum atomic E-state index is -0.341. The fourth-order valence-corrected chi connectivity index (χ4v) is 2.55. The van der Waals surface area contributed by atoms with Crippen molar-refractivity contribution in [1.82, 2.24) is 20.3 Å². The zero-order valence-corrected chi connectivity index (χ0v) is 14.2. The van der Waals surface area contributed by atoms with Gasteiger partial charge in [0.25, 0.3) is 5.91 Å². The van der Waals surface area contributed by atoms with Crippen molar-refractivity contribution in [1.29, 1.82) is 0 Å². The number of aromatic nitrogens is 3. The summed E-state index contributed by atoms with van der Waals surface area (Å²) in [5.74, 6) is -0.341. The standard InChI is InChI=1S/C19H20N4O2/c1-13(12-24)20-19(25)18-14(2)23(22-21-18)17-10-8-16(9-11-17)15-6-4-3-5-7-15/h3-11,13,24H,12H2,1-2H3,(H,20,25). The molecule has 0 fully saturated rings. The third kappa shape index (κ3) is 3.59. The second-order valence-electron chi connectivity index (χ2n) is 5.91. The fraction of sp³-hybridized carbons (Fsp3) is 0.211. The van der Waals surface area contributed by atoms with Crippen LogP contribution < -0.4 is 5.32 Å². The Balaban J connectivity index is 1.84. The molecule has 0 saturated heterocycles. The molecule has 0 aliphatic rings. The molecular weight excluding hydrogens is 316 g/mol. The zero-order chi connectivity index (χ0) is 17.8. The topological polar surface area (TPSA) is 80.0 Å². The van der Waals surface area contributed by atoms with Gasteiger partial charge in [-0.3, -0.25) is 4.79 Å². The highest BCUT2D eigenvalue weighted by molar-refractivity contribution is 5.93. The number of aliphatic hydroxyl groups excluding tert-OH is 1. The van der Waals surface area contributed by atoms with Gasteiger partial charge in [-0.25, -0.2) is 4.68 Å². The van der Waals surface area contributed by atoms with Crippen LogP contribution in [0.4, 0.5) is 0 Å². The molecule has 3 aromatic rings. The molecule has 6 heteroatoms. The van der Waals surface area contributed by atoms with E-state index in [1.165, 1.54) is 0 Å². The minimum absolute atomic E-state index is 0.125. The number of hydrogen-bond donors (Lipinski definition) is 2. The van der Waals surface area contributed by atoms with E-state index >= 15 is 0 Å². The van der Waals surface area contributed by atoms with Crippen molar-refractivity contribution in [2.24, 2.45) is 0 Å². The molecule has 1 aromatic heterocycles. The van der Waals surface area contributed by atoms with E-state index in [1.54, 1.807) is 18.5 Å². The monoisotopic (exact) mass is 336 g/mol.